The molecule has 5 nitrogen and oxygen atoms in total. The van der Waals surface area contributed by atoms with Crippen LogP contribution in [-0.4, -0.2) is 16.2 Å². The Labute approximate surface area is 86.3 Å². The number of nitrogens with two attached hydrogens (primary N) is 2. The van der Waals surface area contributed by atoms with Crippen LogP contribution in [0.25, 0.3) is 5.57 Å². The third-order valence-electron chi connectivity index (χ3n) is 1.60. The first kappa shape index (κ1) is 10.5. The van der Waals surface area contributed by atoms with Crippen LogP contribution >= 0.6 is 11.6 Å². The predicted octanol–water partition coefficient (Wildman–Crippen LogP) is 1.05. The first-order chi connectivity index (χ1) is 6.56. The fourth-order valence-corrected chi connectivity index (χ4v) is 1.08. The van der Waals surface area contributed by atoms with Crippen molar-refractivity contribution in [3.05, 3.63) is 22.7 Å². The maximum atomic E-state index is 7.17. The molecule has 1 heterocycles. The van der Waals surface area contributed by atoms with E-state index in [9.17, 15) is 0 Å². The quantitative estimate of drug-likeness (QED) is 0.637. The summed E-state index contributed by atoms with van der Waals surface area (Å²) in [5, 5.41) is 7.38. The second-order valence-electron chi connectivity index (χ2n) is 2.67. The van der Waals surface area contributed by atoms with Gasteiger partial charge in [0.25, 0.3) is 0 Å². The summed E-state index contributed by atoms with van der Waals surface area (Å²) in [6.45, 7) is 1.66. The molecule has 0 aliphatic carbocycles. The van der Waals surface area contributed by atoms with E-state index in [0.717, 1.165) is 6.21 Å². The lowest BCUT2D eigenvalue weighted by atomic mass is 10.1. The minimum absolute atomic E-state index is 0.206. The molecule has 0 amide bonds. The Balaban J connectivity index is 3.37. The summed E-state index contributed by atoms with van der Waals surface area (Å²) in [6.07, 6.45) is 2.42. The van der Waals surface area contributed by atoms with Crippen LogP contribution in [-0.2, 0) is 0 Å². The van der Waals surface area contributed by atoms with Crippen LogP contribution < -0.4 is 11.5 Å². The number of rotatable bonds is 2. The third kappa shape index (κ3) is 2.00. The van der Waals surface area contributed by atoms with Crippen molar-refractivity contribution in [2.75, 3.05) is 5.73 Å². The SMILES string of the molecule is C/C(N)=C(/C=N)c1nc(Cl)cnc1N. The van der Waals surface area contributed by atoms with E-state index in [2.05, 4.69) is 9.97 Å². The van der Waals surface area contributed by atoms with Crippen LogP contribution in [0.4, 0.5) is 5.82 Å². The lowest BCUT2D eigenvalue weighted by Crippen LogP contribution is -2.05. The fraction of sp³-hybridized carbons (Fsp3) is 0.125. The number of hydrogen-bond acceptors (Lipinski definition) is 5. The Kier molecular flexibility index (Phi) is 3.03. The van der Waals surface area contributed by atoms with Crippen molar-refractivity contribution in [1.82, 2.24) is 9.97 Å². The zero-order valence-corrected chi connectivity index (χ0v) is 8.34. The first-order valence-corrected chi connectivity index (χ1v) is 4.19. The molecule has 1 aromatic rings. The van der Waals surface area contributed by atoms with E-state index in [1.807, 2.05) is 0 Å². The van der Waals surface area contributed by atoms with Gasteiger partial charge >= 0.3 is 0 Å². The summed E-state index contributed by atoms with van der Waals surface area (Å²) in [5.74, 6) is 0.206. The van der Waals surface area contributed by atoms with Crippen molar-refractivity contribution in [3.8, 4) is 0 Å². The van der Waals surface area contributed by atoms with Gasteiger partial charge in [0.05, 0.1) is 6.20 Å². The van der Waals surface area contributed by atoms with Crippen LogP contribution in [0.15, 0.2) is 11.9 Å². The highest BCUT2D eigenvalue weighted by molar-refractivity contribution is 6.29. The molecule has 6 heteroatoms. The Morgan fingerprint density at radius 2 is 2.29 bits per heavy atom. The van der Waals surface area contributed by atoms with E-state index in [-0.39, 0.29) is 11.0 Å². The number of halogens is 1. The number of hydrogen-bond donors (Lipinski definition) is 3. The van der Waals surface area contributed by atoms with Crippen molar-refractivity contribution in [1.29, 1.82) is 5.41 Å². The number of nitrogen functional groups attached to an aromatic ring is 1. The molecule has 0 atom stereocenters. The van der Waals surface area contributed by atoms with E-state index >= 15 is 0 Å². The van der Waals surface area contributed by atoms with Crippen molar-refractivity contribution >= 4 is 29.2 Å². The molecule has 0 bridgehead atoms. The van der Waals surface area contributed by atoms with Gasteiger partial charge in [-0.3, -0.25) is 0 Å². The highest BCUT2D eigenvalue weighted by atomic mass is 35.5. The van der Waals surface area contributed by atoms with Crippen LogP contribution in [0.1, 0.15) is 12.6 Å². The minimum atomic E-state index is 0.206. The van der Waals surface area contributed by atoms with Gasteiger partial charge in [0.15, 0.2) is 0 Å². The highest BCUT2D eigenvalue weighted by Crippen LogP contribution is 2.18. The fourth-order valence-electron chi connectivity index (χ4n) is 0.944. The second kappa shape index (κ2) is 4.06. The molecule has 0 aliphatic rings. The number of allylic oxidation sites excluding steroid dienone is 2. The Morgan fingerprint density at radius 3 is 2.79 bits per heavy atom. The Bertz CT molecular complexity index is 395. The topological polar surface area (TPSA) is 102 Å². The monoisotopic (exact) mass is 211 g/mol. The van der Waals surface area contributed by atoms with Gasteiger partial charge in [-0.15, -0.1) is 0 Å². The average molecular weight is 212 g/mol. The molecular weight excluding hydrogens is 202 g/mol. The lowest BCUT2D eigenvalue weighted by Gasteiger charge is -2.05. The Hall–Kier alpha value is -1.62. The van der Waals surface area contributed by atoms with Gasteiger partial charge in [-0.2, -0.15) is 0 Å². The molecule has 5 N–H and O–H groups in total. The van der Waals surface area contributed by atoms with Crippen molar-refractivity contribution < 1.29 is 0 Å². The van der Waals surface area contributed by atoms with Gasteiger partial charge in [-0.25, -0.2) is 9.97 Å². The Morgan fingerprint density at radius 1 is 1.64 bits per heavy atom. The lowest BCUT2D eigenvalue weighted by molar-refractivity contribution is 1.17. The molecule has 1 rings (SSSR count). The summed E-state index contributed by atoms with van der Waals surface area (Å²) in [5.41, 5.74) is 12.4. The maximum absolute atomic E-state index is 7.17. The van der Waals surface area contributed by atoms with Crippen molar-refractivity contribution in [2.24, 2.45) is 5.73 Å². The van der Waals surface area contributed by atoms with Crippen LogP contribution in [0.3, 0.4) is 0 Å². The molecule has 0 spiro atoms. The van der Waals surface area contributed by atoms with Gasteiger partial charge in [-0.1, -0.05) is 11.6 Å². The standard InChI is InChI=1S/C8H10ClN5/c1-4(11)5(2-10)7-8(12)13-3-6(9)14-7/h2-3,10H,11H2,1H3,(H2,12,13)/b5-4+,10-2?. The molecule has 0 aromatic carbocycles. The molecule has 0 aliphatic heterocycles. The molecule has 74 valence electrons. The van der Waals surface area contributed by atoms with E-state index in [4.69, 9.17) is 28.5 Å². The first-order valence-electron chi connectivity index (χ1n) is 3.81. The zero-order valence-electron chi connectivity index (χ0n) is 7.58. The van der Waals surface area contributed by atoms with Gasteiger partial charge in [0.1, 0.15) is 16.7 Å². The number of aromatic nitrogens is 2. The van der Waals surface area contributed by atoms with Gasteiger partial charge in [0.2, 0.25) is 0 Å². The zero-order chi connectivity index (χ0) is 10.7. The molecule has 0 radical (unpaired) electrons. The van der Waals surface area contributed by atoms with E-state index in [0.29, 0.717) is 17.0 Å². The van der Waals surface area contributed by atoms with Crippen molar-refractivity contribution in [3.63, 3.8) is 0 Å². The number of nitrogens with zero attached hydrogens (tertiary/aromatic N) is 2. The highest BCUT2D eigenvalue weighted by Gasteiger charge is 2.09. The normalized spacial score (nSPS) is 12.1. The molecule has 14 heavy (non-hydrogen) atoms. The van der Waals surface area contributed by atoms with E-state index < -0.39 is 0 Å². The van der Waals surface area contributed by atoms with Crippen molar-refractivity contribution in [2.45, 2.75) is 6.92 Å². The minimum Gasteiger partial charge on any atom is -0.402 e. The molecule has 0 saturated heterocycles. The second-order valence-corrected chi connectivity index (χ2v) is 3.05. The molecular formula is C8H10ClN5. The number of nitrogens with one attached hydrogen (secondary N) is 1. The summed E-state index contributed by atoms with van der Waals surface area (Å²) in [6, 6.07) is 0. The van der Waals surface area contributed by atoms with Crippen LogP contribution in [0.2, 0.25) is 5.15 Å². The van der Waals surface area contributed by atoms with E-state index in [1.165, 1.54) is 6.20 Å². The summed E-state index contributed by atoms with van der Waals surface area (Å²) >= 11 is 5.65. The van der Waals surface area contributed by atoms with Gasteiger partial charge in [-0.05, 0) is 6.92 Å². The number of anilines is 1. The van der Waals surface area contributed by atoms with Gasteiger partial charge < -0.3 is 16.9 Å². The summed E-state index contributed by atoms with van der Waals surface area (Å²) < 4.78 is 0. The maximum Gasteiger partial charge on any atom is 0.150 e. The molecule has 0 fully saturated rings. The molecule has 0 unspecified atom stereocenters. The summed E-state index contributed by atoms with van der Waals surface area (Å²) in [7, 11) is 0. The largest absolute Gasteiger partial charge is 0.402 e. The van der Waals surface area contributed by atoms with E-state index in [1.54, 1.807) is 6.92 Å². The summed E-state index contributed by atoms with van der Waals surface area (Å²) in [4.78, 5) is 7.77. The smallest absolute Gasteiger partial charge is 0.150 e. The van der Waals surface area contributed by atoms with Gasteiger partial charge in [0, 0.05) is 17.5 Å². The third-order valence-corrected chi connectivity index (χ3v) is 1.78. The average Bonchev–Trinajstić information content (AvgIpc) is 2.11. The molecule has 1 aromatic heterocycles. The molecule has 0 saturated carbocycles. The van der Waals surface area contributed by atoms with Crippen LogP contribution in [0, 0.1) is 5.41 Å². The van der Waals surface area contributed by atoms with Crippen LogP contribution in [0.5, 0.6) is 0 Å². The predicted molar refractivity (Wildman–Crippen MR) is 57.0 cm³/mol.